The van der Waals surface area contributed by atoms with E-state index in [-0.39, 0.29) is 5.75 Å². The summed E-state index contributed by atoms with van der Waals surface area (Å²) in [4.78, 5) is 10.5. The van der Waals surface area contributed by atoms with Crippen molar-refractivity contribution in [1.29, 1.82) is 0 Å². The molecule has 0 bridgehead atoms. The molecular weight excluding hydrogens is 419 g/mol. The maximum absolute atomic E-state index is 12.6. The van der Waals surface area contributed by atoms with Crippen LogP contribution in [-0.2, 0) is 13.0 Å². The zero-order chi connectivity index (χ0) is 22.5. The van der Waals surface area contributed by atoms with Gasteiger partial charge in [-0.05, 0) is 48.7 Å². The Morgan fingerprint density at radius 3 is 2.81 bits per heavy atom. The summed E-state index contributed by atoms with van der Waals surface area (Å²) in [6, 6.07) is 13.3. The van der Waals surface area contributed by atoms with Crippen molar-refractivity contribution < 1.29 is 17.9 Å². The molecule has 3 heterocycles. The number of nitrogens with zero attached hydrogens (tertiary/aromatic N) is 4. The highest BCUT2D eigenvalue weighted by Crippen LogP contribution is 2.40. The van der Waals surface area contributed by atoms with Gasteiger partial charge in [-0.25, -0.2) is 9.97 Å². The molecule has 1 aliphatic heterocycles. The quantitative estimate of drug-likeness (QED) is 0.481. The van der Waals surface area contributed by atoms with E-state index in [9.17, 15) is 13.2 Å². The summed E-state index contributed by atoms with van der Waals surface area (Å²) in [5.41, 5.74) is 11.4. The summed E-state index contributed by atoms with van der Waals surface area (Å²) >= 11 is 0. The van der Waals surface area contributed by atoms with Crippen LogP contribution < -0.4 is 15.4 Å². The van der Waals surface area contributed by atoms with Gasteiger partial charge in [0.15, 0.2) is 0 Å². The largest absolute Gasteiger partial charge is 0.573 e. The third kappa shape index (κ3) is 3.49. The SMILES string of the molecule is CCn1cc(-c2ccc3c(c2)CCN3c2[c]c(OC(F)(F)F)ccc2)c2c(N)ncnc21. The number of anilines is 3. The molecule has 0 aliphatic carbocycles. The van der Waals surface area contributed by atoms with Crippen molar-refractivity contribution in [2.45, 2.75) is 26.3 Å². The van der Waals surface area contributed by atoms with Gasteiger partial charge in [0.05, 0.1) is 17.1 Å². The Labute approximate surface area is 182 Å². The van der Waals surface area contributed by atoms with Crippen molar-refractivity contribution in [1.82, 2.24) is 14.5 Å². The Hall–Kier alpha value is -3.75. The summed E-state index contributed by atoms with van der Waals surface area (Å²) in [5.74, 6) is 0.0679. The smallest absolute Gasteiger partial charge is 0.405 e. The van der Waals surface area contributed by atoms with Gasteiger partial charge in [0.1, 0.15) is 23.5 Å². The minimum Gasteiger partial charge on any atom is -0.405 e. The normalized spacial score (nSPS) is 13.6. The molecule has 2 aromatic heterocycles. The van der Waals surface area contributed by atoms with Crippen molar-refractivity contribution in [3.63, 3.8) is 0 Å². The Bertz CT molecular complexity index is 1310. The first-order chi connectivity index (χ1) is 15.3. The highest BCUT2D eigenvalue weighted by atomic mass is 19.4. The second-order valence-corrected chi connectivity index (χ2v) is 7.48. The van der Waals surface area contributed by atoms with Gasteiger partial charge in [-0.2, -0.15) is 0 Å². The van der Waals surface area contributed by atoms with Gasteiger partial charge in [-0.15, -0.1) is 13.2 Å². The Balaban J connectivity index is 1.52. The molecule has 2 aromatic carbocycles. The molecule has 1 radical (unpaired) electrons. The van der Waals surface area contributed by atoms with Crippen LogP contribution in [-0.4, -0.2) is 27.4 Å². The summed E-state index contributed by atoms with van der Waals surface area (Å²) in [5, 5.41) is 0.814. The average molecular weight is 438 g/mol. The number of halogens is 3. The molecule has 0 unspecified atom stereocenters. The molecule has 32 heavy (non-hydrogen) atoms. The topological polar surface area (TPSA) is 69.2 Å². The minimum atomic E-state index is -4.75. The summed E-state index contributed by atoms with van der Waals surface area (Å²) in [6.45, 7) is 3.42. The number of rotatable bonds is 4. The lowest BCUT2D eigenvalue weighted by Gasteiger charge is -2.20. The number of aryl methyl sites for hydroxylation is 1. The van der Waals surface area contributed by atoms with Crippen LogP contribution in [0.2, 0.25) is 0 Å². The number of hydrogen-bond acceptors (Lipinski definition) is 5. The third-order valence-electron chi connectivity index (χ3n) is 5.58. The Morgan fingerprint density at radius 2 is 2.03 bits per heavy atom. The molecule has 9 heteroatoms. The van der Waals surface area contributed by atoms with Gasteiger partial charge in [-0.3, -0.25) is 0 Å². The van der Waals surface area contributed by atoms with Crippen LogP contribution in [0.15, 0.2) is 48.9 Å². The highest BCUT2D eigenvalue weighted by molar-refractivity contribution is 6.01. The van der Waals surface area contributed by atoms with Crippen molar-refractivity contribution in [3.8, 4) is 16.9 Å². The van der Waals surface area contributed by atoms with E-state index in [0.717, 1.165) is 46.4 Å². The predicted molar refractivity (Wildman–Crippen MR) is 116 cm³/mol. The molecule has 1 aliphatic rings. The molecule has 0 saturated carbocycles. The lowest BCUT2D eigenvalue weighted by molar-refractivity contribution is -0.274. The fourth-order valence-electron chi connectivity index (χ4n) is 4.20. The highest BCUT2D eigenvalue weighted by Gasteiger charge is 2.31. The van der Waals surface area contributed by atoms with Crippen LogP contribution in [0.1, 0.15) is 12.5 Å². The van der Waals surface area contributed by atoms with E-state index in [1.807, 2.05) is 34.7 Å². The molecule has 0 saturated heterocycles. The average Bonchev–Trinajstić information content (AvgIpc) is 3.34. The van der Waals surface area contributed by atoms with E-state index >= 15 is 0 Å². The van der Waals surface area contributed by atoms with Crippen LogP contribution >= 0.6 is 0 Å². The minimum absolute atomic E-state index is 0.358. The second-order valence-electron chi connectivity index (χ2n) is 7.48. The Morgan fingerprint density at radius 1 is 1.19 bits per heavy atom. The summed E-state index contributed by atoms with van der Waals surface area (Å²) < 4.78 is 43.8. The maximum atomic E-state index is 12.6. The first-order valence-electron chi connectivity index (χ1n) is 10.1. The summed E-state index contributed by atoms with van der Waals surface area (Å²) in [6.07, 6.45) is -0.521. The molecule has 0 fully saturated rings. The zero-order valence-electron chi connectivity index (χ0n) is 17.1. The standard InChI is InChI=1S/C23H19F3N5O/c1-2-30-12-18(20-21(27)28-13-29-22(20)30)14-6-7-19-15(10-14)8-9-31(19)16-4-3-5-17(11-16)32-23(24,25)26/h3-7,10,12-13H,2,8-9H2,1H3,(H2,27,28,29). The number of benzene rings is 2. The predicted octanol–water partition coefficient (Wildman–Crippen LogP) is 5.09. The van der Waals surface area contributed by atoms with Crippen molar-refractivity contribution in [3.05, 3.63) is 60.6 Å². The van der Waals surface area contributed by atoms with Gasteiger partial charge in [0, 0.05) is 30.5 Å². The first kappa shape index (κ1) is 20.2. The number of hydrogen-bond donors (Lipinski definition) is 1. The first-order valence-corrected chi connectivity index (χ1v) is 10.1. The summed E-state index contributed by atoms with van der Waals surface area (Å²) in [7, 11) is 0. The van der Waals surface area contributed by atoms with Crippen LogP contribution in [0.3, 0.4) is 0 Å². The Kier molecular flexibility index (Phi) is 4.69. The molecule has 0 spiro atoms. The van der Waals surface area contributed by atoms with Gasteiger partial charge in [0.25, 0.3) is 0 Å². The van der Waals surface area contributed by atoms with Gasteiger partial charge in [0.2, 0.25) is 0 Å². The lowest BCUT2D eigenvalue weighted by Crippen LogP contribution is -2.18. The van der Waals surface area contributed by atoms with Gasteiger partial charge >= 0.3 is 6.36 Å². The molecule has 2 N–H and O–H groups in total. The lowest BCUT2D eigenvalue weighted by atomic mass is 10.0. The van der Waals surface area contributed by atoms with Gasteiger partial charge in [-0.1, -0.05) is 12.1 Å². The molecular formula is C23H19F3N5O. The fraction of sp³-hybridized carbons (Fsp3) is 0.217. The molecule has 0 amide bonds. The molecule has 6 nitrogen and oxygen atoms in total. The van der Waals surface area contributed by atoms with Crippen molar-refractivity contribution >= 4 is 28.2 Å². The van der Waals surface area contributed by atoms with Crippen LogP contribution in [0.4, 0.5) is 30.4 Å². The van der Waals surface area contributed by atoms with E-state index in [4.69, 9.17) is 5.73 Å². The van der Waals surface area contributed by atoms with Crippen LogP contribution in [0.25, 0.3) is 22.2 Å². The maximum Gasteiger partial charge on any atom is 0.573 e. The van der Waals surface area contributed by atoms with E-state index in [0.29, 0.717) is 18.1 Å². The number of alkyl halides is 3. The van der Waals surface area contributed by atoms with Crippen LogP contribution in [0.5, 0.6) is 5.75 Å². The number of nitrogen functional groups attached to an aromatic ring is 1. The molecule has 4 aromatic rings. The van der Waals surface area contributed by atoms with E-state index in [1.165, 1.54) is 18.5 Å². The van der Waals surface area contributed by atoms with Crippen molar-refractivity contribution in [2.24, 2.45) is 0 Å². The van der Waals surface area contributed by atoms with Crippen LogP contribution in [0, 0.1) is 6.07 Å². The monoisotopic (exact) mass is 438 g/mol. The third-order valence-corrected chi connectivity index (χ3v) is 5.58. The fourth-order valence-corrected chi connectivity index (χ4v) is 4.20. The zero-order valence-corrected chi connectivity index (χ0v) is 17.1. The molecule has 5 rings (SSSR count). The number of aromatic nitrogens is 3. The number of ether oxygens (including phenoxy) is 1. The van der Waals surface area contributed by atoms with Gasteiger partial charge < -0.3 is 19.9 Å². The number of fused-ring (bicyclic) bond motifs is 2. The van der Waals surface area contributed by atoms with Crippen molar-refractivity contribution in [2.75, 3.05) is 17.2 Å². The van der Waals surface area contributed by atoms with E-state index < -0.39 is 6.36 Å². The molecule has 0 atom stereocenters. The number of nitrogens with two attached hydrogens (primary N) is 1. The van der Waals surface area contributed by atoms with E-state index in [1.54, 1.807) is 6.07 Å². The second kappa shape index (κ2) is 7.44. The van der Waals surface area contributed by atoms with E-state index in [2.05, 4.69) is 26.8 Å². The molecule has 163 valence electrons.